The molecular weight excluding hydrogens is 304 g/mol. The van der Waals surface area contributed by atoms with Gasteiger partial charge >= 0.3 is 0 Å². The zero-order valence-corrected chi connectivity index (χ0v) is 13.7. The fourth-order valence-electron chi connectivity index (χ4n) is 3.57. The Morgan fingerprint density at radius 1 is 1.29 bits per heavy atom. The number of hydrogen-bond donors (Lipinski definition) is 1. The van der Waals surface area contributed by atoms with Gasteiger partial charge in [0.1, 0.15) is 11.5 Å². The van der Waals surface area contributed by atoms with Gasteiger partial charge in [0.25, 0.3) is 5.91 Å². The summed E-state index contributed by atoms with van der Waals surface area (Å²) >= 11 is 0. The van der Waals surface area contributed by atoms with Gasteiger partial charge in [-0.1, -0.05) is 12.1 Å². The molecule has 2 aliphatic heterocycles. The SMILES string of the molecule is O=C(NCC1CCN(Cc2ccco2)C1)c1cccc2c1OCC2. The fourth-order valence-corrected chi connectivity index (χ4v) is 3.57. The minimum Gasteiger partial charge on any atom is -0.492 e. The number of rotatable bonds is 5. The third-order valence-corrected chi connectivity index (χ3v) is 4.84. The Labute approximate surface area is 141 Å². The van der Waals surface area contributed by atoms with E-state index in [9.17, 15) is 4.79 Å². The number of likely N-dealkylation sites (tertiary alicyclic amines) is 1. The molecule has 24 heavy (non-hydrogen) atoms. The number of carbonyl (C=O) groups is 1. The van der Waals surface area contributed by atoms with Gasteiger partial charge in [-0.25, -0.2) is 0 Å². The molecule has 1 unspecified atom stereocenters. The van der Waals surface area contributed by atoms with Crippen molar-refractivity contribution in [2.45, 2.75) is 19.4 Å². The zero-order chi connectivity index (χ0) is 16.4. The van der Waals surface area contributed by atoms with Crippen molar-refractivity contribution in [1.29, 1.82) is 0 Å². The van der Waals surface area contributed by atoms with Gasteiger partial charge in [-0.15, -0.1) is 0 Å². The number of carbonyl (C=O) groups excluding carboxylic acids is 1. The number of furan rings is 1. The normalized spacial score (nSPS) is 19.9. The van der Waals surface area contributed by atoms with Crippen LogP contribution in [0.25, 0.3) is 0 Å². The molecule has 0 aliphatic carbocycles. The van der Waals surface area contributed by atoms with Crippen LogP contribution in [0.5, 0.6) is 5.75 Å². The van der Waals surface area contributed by atoms with Crippen LogP contribution >= 0.6 is 0 Å². The van der Waals surface area contributed by atoms with Crippen LogP contribution in [0.1, 0.15) is 28.1 Å². The van der Waals surface area contributed by atoms with Crippen LogP contribution in [0.3, 0.4) is 0 Å². The molecule has 0 saturated carbocycles. The van der Waals surface area contributed by atoms with Gasteiger partial charge < -0.3 is 14.5 Å². The maximum Gasteiger partial charge on any atom is 0.255 e. The van der Waals surface area contributed by atoms with E-state index in [0.29, 0.717) is 24.6 Å². The van der Waals surface area contributed by atoms with Gasteiger partial charge in [-0.2, -0.15) is 0 Å². The first-order valence-corrected chi connectivity index (χ1v) is 8.57. The fraction of sp³-hybridized carbons (Fsp3) is 0.421. The Bertz CT molecular complexity index is 711. The van der Waals surface area contributed by atoms with E-state index in [1.54, 1.807) is 6.26 Å². The molecule has 0 radical (unpaired) electrons. The number of benzene rings is 1. The van der Waals surface area contributed by atoms with Crippen molar-refractivity contribution >= 4 is 5.91 Å². The van der Waals surface area contributed by atoms with E-state index in [1.807, 2.05) is 30.3 Å². The van der Waals surface area contributed by atoms with E-state index in [0.717, 1.165) is 49.5 Å². The number of fused-ring (bicyclic) bond motifs is 1. The zero-order valence-electron chi connectivity index (χ0n) is 13.7. The number of ether oxygens (including phenoxy) is 1. The molecule has 2 aromatic rings. The van der Waals surface area contributed by atoms with Crippen LogP contribution < -0.4 is 10.1 Å². The Morgan fingerprint density at radius 3 is 3.12 bits per heavy atom. The second-order valence-corrected chi connectivity index (χ2v) is 6.57. The average molecular weight is 326 g/mol. The van der Waals surface area contributed by atoms with E-state index in [1.165, 1.54) is 0 Å². The van der Waals surface area contributed by atoms with Crippen molar-refractivity contribution < 1.29 is 13.9 Å². The van der Waals surface area contributed by atoms with E-state index in [4.69, 9.17) is 9.15 Å². The summed E-state index contributed by atoms with van der Waals surface area (Å²) in [5, 5.41) is 3.08. The lowest BCUT2D eigenvalue weighted by Gasteiger charge is -2.15. The van der Waals surface area contributed by atoms with Crippen molar-refractivity contribution in [2.24, 2.45) is 5.92 Å². The minimum atomic E-state index is -0.0294. The third kappa shape index (κ3) is 3.17. The molecule has 5 heteroatoms. The second-order valence-electron chi connectivity index (χ2n) is 6.57. The molecule has 1 aromatic carbocycles. The lowest BCUT2D eigenvalue weighted by Crippen LogP contribution is -2.31. The lowest BCUT2D eigenvalue weighted by atomic mass is 10.1. The highest BCUT2D eigenvalue weighted by Crippen LogP contribution is 2.29. The molecule has 3 heterocycles. The van der Waals surface area contributed by atoms with Crippen LogP contribution in [0, 0.1) is 5.92 Å². The highest BCUT2D eigenvalue weighted by molar-refractivity contribution is 5.97. The largest absolute Gasteiger partial charge is 0.492 e. The molecule has 1 saturated heterocycles. The molecule has 126 valence electrons. The molecule has 1 atom stereocenters. The highest BCUT2D eigenvalue weighted by atomic mass is 16.5. The van der Waals surface area contributed by atoms with Gasteiger partial charge in [-0.3, -0.25) is 9.69 Å². The monoisotopic (exact) mass is 326 g/mol. The summed E-state index contributed by atoms with van der Waals surface area (Å²) in [6.45, 7) is 4.26. The summed E-state index contributed by atoms with van der Waals surface area (Å²) < 4.78 is 11.0. The number of amides is 1. The minimum absolute atomic E-state index is 0.0294. The Hall–Kier alpha value is -2.27. The molecule has 0 spiro atoms. The van der Waals surface area contributed by atoms with Crippen molar-refractivity contribution in [2.75, 3.05) is 26.2 Å². The van der Waals surface area contributed by atoms with Crippen LogP contribution in [0.15, 0.2) is 41.0 Å². The summed E-state index contributed by atoms with van der Waals surface area (Å²) in [5.74, 6) is 2.22. The first-order chi connectivity index (χ1) is 11.8. The summed E-state index contributed by atoms with van der Waals surface area (Å²) in [5.41, 5.74) is 1.79. The van der Waals surface area contributed by atoms with Crippen molar-refractivity contribution in [3.63, 3.8) is 0 Å². The van der Waals surface area contributed by atoms with Gasteiger partial charge in [0.2, 0.25) is 0 Å². The maximum absolute atomic E-state index is 12.5. The number of hydrogen-bond acceptors (Lipinski definition) is 4. The molecule has 1 fully saturated rings. The predicted octanol–water partition coefficient (Wildman–Crippen LogP) is 2.47. The number of para-hydroxylation sites is 1. The van der Waals surface area contributed by atoms with Crippen LogP contribution in [-0.4, -0.2) is 37.0 Å². The van der Waals surface area contributed by atoms with E-state index in [-0.39, 0.29) is 5.91 Å². The van der Waals surface area contributed by atoms with Gasteiger partial charge in [0.15, 0.2) is 0 Å². The van der Waals surface area contributed by atoms with Gasteiger partial charge in [0, 0.05) is 19.5 Å². The highest BCUT2D eigenvalue weighted by Gasteiger charge is 2.25. The van der Waals surface area contributed by atoms with Crippen LogP contribution in [-0.2, 0) is 13.0 Å². The third-order valence-electron chi connectivity index (χ3n) is 4.84. The standard InChI is InChI=1S/C19H22N2O3/c22-19(17-5-1-3-15-7-10-24-18(15)17)20-11-14-6-8-21(12-14)13-16-4-2-9-23-16/h1-5,9,14H,6-8,10-13H2,(H,20,22). The van der Waals surface area contributed by atoms with E-state index in [2.05, 4.69) is 10.2 Å². The topological polar surface area (TPSA) is 54.7 Å². The van der Waals surface area contributed by atoms with Crippen molar-refractivity contribution in [3.8, 4) is 5.75 Å². The van der Waals surface area contributed by atoms with Crippen molar-refractivity contribution in [1.82, 2.24) is 10.2 Å². The van der Waals surface area contributed by atoms with Gasteiger partial charge in [0.05, 0.1) is 25.0 Å². The predicted molar refractivity (Wildman–Crippen MR) is 90.1 cm³/mol. The van der Waals surface area contributed by atoms with Crippen LogP contribution in [0.2, 0.25) is 0 Å². The lowest BCUT2D eigenvalue weighted by molar-refractivity contribution is 0.0944. The Kier molecular flexibility index (Phi) is 4.26. The first kappa shape index (κ1) is 15.3. The summed E-state index contributed by atoms with van der Waals surface area (Å²) in [4.78, 5) is 14.9. The molecule has 0 bridgehead atoms. The summed E-state index contributed by atoms with van der Waals surface area (Å²) in [6.07, 6.45) is 3.70. The molecule has 1 aromatic heterocycles. The molecule has 1 amide bonds. The second kappa shape index (κ2) is 6.69. The summed E-state index contributed by atoms with van der Waals surface area (Å²) in [7, 11) is 0. The molecule has 2 aliphatic rings. The molecule has 5 nitrogen and oxygen atoms in total. The smallest absolute Gasteiger partial charge is 0.255 e. The number of nitrogens with one attached hydrogen (secondary N) is 1. The maximum atomic E-state index is 12.5. The Balaban J connectivity index is 1.30. The molecular formula is C19H22N2O3. The first-order valence-electron chi connectivity index (χ1n) is 8.57. The molecule has 1 N–H and O–H groups in total. The summed E-state index contributed by atoms with van der Waals surface area (Å²) in [6, 6.07) is 9.73. The Morgan fingerprint density at radius 2 is 2.25 bits per heavy atom. The van der Waals surface area contributed by atoms with E-state index >= 15 is 0 Å². The van der Waals surface area contributed by atoms with Gasteiger partial charge in [-0.05, 0) is 42.6 Å². The van der Waals surface area contributed by atoms with E-state index < -0.39 is 0 Å². The molecule has 4 rings (SSSR count). The van der Waals surface area contributed by atoms with Crippen LogP contribution in [0.4, 0.5) is 0 Å². The average Bonchev–Trinajstić information content (AvgIpc) is 3.34. The van der Waals surface area contributed by atoms with Crippen molar-refractivity contribution in [3.05, 3.63) is 53.5 Å². The quantitative estimate of drug-likeness (QED) is 0.917. The number of nitrogens with zero attached hydrogens (tertiary/aromatic N) is 1.